The van der Waals surface area contributed by atoms with E-state index in [2.05, 4.69) is 19.2 Å². The smallest absolute Gasteiger partial charge is 0.123 e. The van der Waals surface area contributed by atoms with Crippen molar-refractivity contribution in [2.24, 2.45) is 0 Å². The lowest BCUT2D eigenvalue weighted by atomic mass is 10.1. The largest absolute Gasteiger partial charge is 0.377 e. The molecule has 0 spiro atoms. The van der Waals surface area contributed by atoms with Crippen molar-refractivity contribution < 1.29 is 9.13 Å². The summed E-state index contributed by atoms with van der Waals surface area (Å²) in [5, 5.41) is 3.48. The van der Waals surface area contributed by atoms with Gasteiger partial charge in [-0.3, -0.25) is 0 Å². The van der Waals surface area contributed by atoms with E-state index in [1.54, 1.807) is 12.1 Å². The average molecular weight is 223 g/mol. The van der Waals surface area contributed by atoms with Gasteiger partial charge in [0.15, 0.2) is 0 Å². The van der Waals surface area contributed by atoms with E-state index in [4.69, 9.17) is 4.74 Å². The van der Waals surface area contributed by atoms with Crippen molar-refractivity contribution in [3.63, 3.8) is 0 Å². The Kier molecular flexibility index (Phi) is 3.56. The van der Waals surface area contributed by atoms with Gasteiger partial charge < -0.3 is 10.1 Å². The normalized spacial score (nSPS) is 26.9. The van der Waals surface area contributed by atoms with Crippen LogP contribution in [0.1, 0.15) is 31.9 Å². The summed E-state index contributed by atoms with van der Waals surface area (Å²) in [4.78, 5) is 0. The van der Waals surface area contributed by atoms with Crippen LogP contribution in [-0.4, -0.2) is 18.8 Å². The Morgan fingerprint density at radius 3 is 2.94 bits per heavy atom. The minimum Gasteiger partial charge on any atom is -0.377 e. The molecule has 88 valence electrons. The standard InChI is InChI=1S/C13H18FNO/c1-9(11-4-3-5-12(14)8-11)15-13-6-7-16-10(13)2/h3-5,8-10,13,15H,6-7H2,1-2H3/t9-,10?,13?/m1/s1. The van der Waals surface area contributed by atoms with Crippen molar-refractivity contribution in [2.75, 3.05) is 6.61 Å². The molecule has 1 aromatic carbocycles. The van der Waals surface area contributed by atoms with Gasteiger partial charge in [0, 0.05) is 18.7 Å². The predicted molar refractivity (Wildman–Crippen MR) is 61.8 cm³/mol. The third-order valence-corrected chi connectivity index (χ3v) is 3.19. The fraction of sp³-hybridized carbons (Fsp3) is 0.538. The molecule has 2 unspecified atom stereocenters. The van der Waals surface area contributed by atoms with Crippen LogP contribution >= 0.6 is 0 Å². The van der Waals surface area contributed by atoms with E-state index in [1.165, 1.54) is 6.07 Å². The number of benzene rings is 1. The van der Waals surface area contributed by atoms with Crippen molar-refractivity contribution in [1.82, 2.24) is 5.32 Å². The summed E-state index contributed by atoms with van der Waals surface area (Å²) < 4.78 is 18.6. The lowest BCUT2D eigenvalue weighted by molar-refractivity contribution is 0.111. The highest BCUT2D eigenvalue weighted by atomic mass is 19.1. The quantitative estimate of drug-likeness (QED) is 0.850. The second-order valence-corrected chi connectivity index (χ2v) is 4.41. The highest BCUT2D eigenvalue weighted by Crippen LogP contribution is 2.19. The van der Waals surface area contributed by atoms with Crippen LogP contribution in [0.2, 0.25) is 0 Å². The van der Waals surface area contributed by atoms with Crippen molar-refractivity contribution >= 4 is 0 Å². The monoisotopic (exact) mass is 223 g/mol. The summed E-state index contributed by atoms with van der Waals surface area (Å²) >= 11 is 0. The molecule has 3 heteroatoms. The van der Waals surface area contributed by atoms with E-state index < -0.39 is 0 Å². The minimum atomic E-state index is -0.179. The molecule has 1 N–H and O–H groups in total. The first-order chi connectivity index (χ1) is 7.66. The number of hydrogen-bond donors (Lipinski definition) is 1. The molecular formula is C13H18FNO. The van der Waals surface area contributed by atoms with Gasteiger partial charge in [-0.1, -0.05) is 12.1 Å². The first-order valence-electron chi connectivity index (χ1n) is 5.80. The summed E-state index contributed by atoms with van der Waals surface area (Å²) in [7, 11) is 0. The summed E-state index contributed by atoms with van der Waals surface area (Å²) in [5.74, 6) is -0.179. The van der Waals surface area contributed by atoms with Crippen LogP contribution in [0.3, 0.4) is 0 Å². The third kappa shape index (κ3) is 2.60. The number of rotatable bonds is 3. The minimum absolute atomic E-state index is 0.157. The van der Waals surface area contributed by atoms with Crippen LogP contribution in [0.25, 0.3) is 0 Å². The maximum Gasteiger partial charge on any atom is 0.123 e. The summed E-state index contributed by atoms with van der Waals surface area (Å²) in [6, 6.07) is 7.28. The molecule has 1 aliphatic rings. The average Bonchev–Trinajstić information content (AvgIpc) is 2.64. The first-order valence-corrected chi connectivity index (χ1v) is 5.80. The fourth-order valence-electron chi connectivity index (χ4n) is 2.14. The fourth-order valence-corrected chi connectivity index (χ4v) is 2.14. The van der Waals surface area contributed by atoms with E-state index in [0.29, 0.717) is 6.04 Å². The highest BCUT2D eigenvalue weighted by molar-refractivity contribution is 5.19. The molecule has 0 amide bonds. The molecule has 2 nitrogen and oxygen atoms in total. The van der Waals surface area contributed by atoms with Gasteiger partial charge in [-0.05, 0) is 38.0 Å². The Balaban J connectivity index is 1.99. The molecule has 1 aromatic rings. The van der Waals surface area contributed by atoms with Gasteiger partial charge in [0.25, 0.3) is 0 Å². The van der Waals surface area contributed by atoms with Crippen LogP contribution in [0, 0.1) is 5.82 Å². The second kappa shape index (κ2) is 4.93. The zero-order valence-electron chi connectivity index (χ0n) is 9.74. The molecule has 0 radical (unpaired) electrons. The molecule has 1 saturated heterocycles. The lowest BCUT2D eigenvalue weighted by Gasteiger charge is -2.22. The van der Waals surface area contributed by atoms with Gasteiger partial charge in [0.05, 0.1) is 6.10 Å². The van der Waals surface area contributed by atoms with Crippen LogP contribution < -0.4 is 5.32 Å². The zero-order valence-corrected chi connectivity index (χ0v) is 9.74. The molecular weight excluding hydrogens is 205 g/mol. The predicted octanol–water partition coefficient (Wildman–Crippen LogP) is 2.65. The van der Waals surface area contributed by atoms with E-state index >= 15 is 0 Å². The zero-order chi connectivity index (χ0) is 11.5. The summed E-state index contributed by atoms with van der Waals surface area (Å²) in [6.07, 6.45) is 1.27. The second-order valence-electron chi connectivity index (χ2n) is 4.41. The van der Waals surface area contributed by atoms with E-state index in [0.717, 1.165) is 18.6 Å². The first kappa shape index (κ1) is 11.6. The van der Waals surface area contributed by atoms with Crippen molar-refractivity contribution in [1.29, 1.82) is 0 Å². The molecule has 0 saturated carbocycles. The van der Waals surface area contributed by atoms with Crippen LogP contribution in [0.4, 0.5) is 4.39 Å². The molecule has 0 bridgehead atoms. The Morgan fingerprint density at radius 2 is 2.31 bits per heavy atom. The van der Waals surface area contributed by atoms with Crippen LogP contribution in [-0.2, 0) is 4.74 Å². The van der Waals surface area contributed by atoms with Gasteiger partial charge in [-0.2, -0.15) is 0 Å². The topological polar surface area (TPSA) is 21.3 Å². The lowest BCUT2D eigenvalue weighted by Crippen LogP contribution is -2.36. The Hall–Kier alpha value is -0.930. The maximum atomic E-state index is 13.1. The van der Waals surface area contributed by atoms with Gasteiger partial charge in [-0.25, -0.2) is 4.39 Å². The number of ether oxygens (including phenoxy) is 1. The maximum absolute atomic E-state index is 13.1. The third-order valence-electron chi connectivity index (χ3n) is 3.19. The van der Waals surface area contributed by atoms with Gasteiger partial charge >= 0.3 is 0 Å². The molecule has 0 aromatic heterocycles. The molecule has 1 aliphatic heterocycles. The van der Waals surface area contributed by atoms with Crippen molar-refractivity contribution in [2.45, 2.75) is 38.5 Å². The summed E-state index contributed by atoms with van der Waals surface area (Å²) in [6.45, 7) is 4.94. The van der Waals surface area contributed by atoms with E-state index in [1.807, 2.05) is 6.07 Å². The van der Waals surface area contributed by atoms with Crippen molar-refractivity contribution in [3.8, 4) is 0 Å². The van der Waals surface area contributed by atoms with Crippen LogP contribution in [0.5, 0.6) is 0 Å². The van der Waals surface area contributed by atoms with Gasteiger partial charge in [0.1, 0.15) is 5.82 Å². The van der Waals surface area contributed by atoms with Crippen molar-refractivity contribution in [3.05, 3.63) is 35.6 Å². The van der Waals surface area contributed by atoms with E-state index in [9.17, 15) is 4.39 Å². The molecule has 1 fully saturated rings. The SMILES string of the molecule is CC1OCCC1N[C@H](C)c1cccc(F)c1. The molecule has 16 heavy (non-hydrogen) atoms. The highest BCUT2D eigenvalue weighted by Gasteiger charge is 2.25. The van der Waals surface area contributed by atoms with Gasteiger partial charge in [-0.15, -0.1) is 0 Å². The molecule has 1 heterocycles. The molecule has 3 atom stereocenters. The number of hydrogen-bond acceptors (Lipinski definition) is 2. The van der Waals surface area contributed by atoms with Gasteiger partial charge in [0.2, 0.25) is 0 Å². The number of nitrogens with one attached hydrogen (secondary N) is 1. The summed E-state index contributed by atoms with van der Waals surface area (Å²) in [5.41, 5.74) is 0.985. The Morgan fingerprint density at radius 1 is 1.50 bits per heavy atom. The Bertz CT molecular complexity index is 356. The molecule has 0 aliphatic carbocycles. The Labute approximate surface area is 95.8 Å². The molecule has 2 rings (SSSR count). The van der Waals surface area contributed by atoms with Crippen LogP contribution in [0.15, 0.2) is 24.3 Å². The van der Waals surface area contributed by atoms with E-state index in [-0.39, 0.29) is 18.0 Å². The number of halogens is 1.